The van der Waals surface area contributed by atoms with Crippen molar-refractivity contribution in [2.75, 3.05) is 0 Å². The van der Waals surface area contributed by atoms with Crippen molar-refractivity contribution in [3.05, 3.63) is 81.6 Å². The van der Waals surface area contributed by atoms with Crippen LogP contribution in [0.5, 0.6) is 0 Å². The Morgan fingerprint density at radius 1 is 1.00 bits per heavy atom. The molecule has 0 amide bonds. The molecule has 0 aliphatic heterocycles. The van der Waals surface area contributed by atoms with Gasteiger partial charge in [-0.2, -0.15) is 15.3 Å². The molecule has 4 N–H and O–H groups in total. The summed E-state index contributed by atoms with van der Waals surface area (Å²) in [6, 6.07) is 15.4. The molecule has 0 bridgehead atoms. The molecule has 1 aromatic heterocycles. The lowest BCUT2D eigenvalue weighted by Gasteiger charge is -2.27. The van der Waals surface area contributed by atoms with Gasteiger partial charge >= 0.3 is 0 Å². The average Bonchev–Trinajstić information content (AvgIpc) is 2.72. The lowest BCUT2D eigenvalue weighted by Crippen LogP contribution is -2.24. The van der Waals surface area contributed by atoms with Crippen molar-refractivity contribution in [3.8, 4) is 11.1 Å². The Hall–Kier alpha value is -2.96. The van der Waals surface area contributed by atoms with Gasteiger partial charge in [-0.1, -0.05) is 53.5 Å². The third kappa shape index (κ3) is 4.09. The molecule has 0 saturated carbocycles. The highest BCUT2D eigenvalue weighted by molar-refractivity contribution is 6.31. The zero-order valence-electron chi connectivity index (χ0n) is 15.4. The molecule has 8 heteroatoms. The number of aromatic nitrogens is 2. The molecule has 6 nitrogen and oxygen atoms in total. The Kier molecular flexibility index (Phi) is 5.47. The number of guanidine groups is 1. The minimum Gasteiger partial charge on any atom is -0.369 e. The van der Waals surface area contributed by atoms with Crippen molar-refractivity contribution in [2.24, 2.45) is 21.7 Å². The molecule has 29 heavy (non-hydrogen) atoms. The van der Waals surface area contributed by atoms with Crippen LogP contribution < -0.4 is 11.5 Å². The molecule has 0 saturated heterocycles. The maximum absolute atomic E-state index is 6.45. The van der Waals surface area contributed by atoms with Gasteiger partial charge < -0.3 is 11.5 Å². The Balaban J connectivity index is 1.86. The molecule has 1 unspecified atom stereocenters. The van der Waals surface area contributed by atoms with Crippen molar-refractivity contribution < 1.29 is 0 Å². The van der Waals surface area contributed by atoms with Crippen LogP contribution >= 0.6 is 23.2 Å². The summed E-state index contributed by atoms with van der Waals surface area (Å²) in [6.45, 7) is 0. The standard InChI is InChI=1S/C21H18Cl2N6/c22-14-7-5-12(6-8-14)16-11-26-27-18-9-13(15-3-1-2-4-17(15)23)10-19(20(16)18)28-29-21(24)25/h1-8,11,13H,9-10H2,(H4,24,25,29)/b28-19+. The van der Waals surface area contributed by atoms with Crippen LogP contribution in [0.2, 0.25) is 10.0 Å². The number of nitrogens with two attached hydrogens (primary N) is 2. The van der Waals surface area contributed by atoms with Gasteiger partial charge in [0.25, 0.3) is 0 Å². The Morgan fingerprint density at radius 3 is 2.48 bits per heavy atom. The van der Waals surface area contributed by atoms with E-state index in [0.29, 0.717) is 22.9 Å². The first-order valence-corrected chi connectivity index (χ1v) is 9.79. The van der Waals surface area contributed by atoms with Gasteiger partial charge in [-0.05, 0) is 48.1 Å². The molecule has 2 aromatic carbocycles. The Bertz CT molecular complexity index is 1100. The molecule has 0 spiro atoms. The lowest BCUT2D eigenvalue weighted by atomic mass is 9.79. The van der Waals surface area contributed by atoms with E-state index in [1.54, 1.807) is 6.20 Å². The maximum Gasteiger partial charge on any atom is 0.211 e. The first kappa shape index (κ1) is 19.4. The zero-order valence-corrected chi connectivity index (χ0v) is 16.9. The number of fused-ring (bicyclic) bond motifs is 1. The second kappa shape index (κ2) is 8.19. The summed E-state index contributed by atoms with van der Waals surface area (Å²) in [5.74, 6) is -0.00658. The van der Waals surface area contributed by atoms with Gasteiger partial charge in [0.15, 0.2) is 0 Å². The molecule has 146 valence electrons. The normalized spacial score (nSPS) is 17.0. The third-order valence-corrected chi connectivity index (χ3v) is 5.47. The summed E-state index contributed by atoms with van der Waals surface area (Å²) >= 11 is 12.5. The topological polar surface area (TPSA) is 103 Å². The van der Waals surface area contributed by atoms with Crippen molar-refractivity contribution >= 4 is 34.9 Å². The number of nitrogens with zero attached hydrogens (tertiary/aromatic N) is 4. The molecule has 1 heterocycles. The molecule has 1 aliphatic carbocycles. The van der Waals surface area contributed by atoms with Crippen LogP contribution in [-0.2, 0) is 6.42 Å². The smallest absolute Gasteiger partial charge is 0.211 e. The molecule has 0 fully saturated rings. The molecular weight excluding hydrogens is 407 g/mol. The second-order valence-corrected chi connectivity index (χ2v) is 7.63. The molecule has 0 radical (unpaired) electrons. The molecule has 3 aromatic rings. The van der Waals surface area contributed by atoms with E-state index in [9.17, 15) is 0 Å². The van der Waals surface area contributed by atoms with Crippen LogP contribution in [-0.4, -0.2) is 21.9 Å². The number of hydrogen-bond acceptors (Lipinski definition) is 4. The van der Waals surface area contributed by atoms with Gasteiger partial charge in [-0.3, -0.25) is 0 Å². The van der Waals surface area contributed by atoms with Gasteiger partial charge in [0.2, 0.25) is 5.96 Å². The predicted octanol–water partition coefficient (Wildman–Crippen LogP) is 4.16. The maximum atomic E-state index is 6.45. The van der Waals surface area contributed by atoms with E-state index in [4.69, 9.17) is 34.7 Å². The first-order valence-electron chi connectivity index (χ1n) is 9.03. The Morgan fingerprint density at radius 2 is 1.76 bits per heavy atom. The van der Waals surface area contributed by atoms with Crippen LogP contribution in [0.4, 0.5) is 0 Å². The van der Waals surface area contributed by atoms with E-state index in [1.807, 2.05) is 48.5 Å². The second-order valence-electron chi connectivity index (χ2n) is 6.79. The van der Waals surface area contributed by atoms with E-state index in [1.165, 1.54) is 0 Å². The first-order chi connectivity index (χ1) is 14.0. The van der Waals surface area contributed by atoms with Crippen molar-refractivity contribution in [1.29, 1.82) is 0 Å². The van der Waals surface area contributed by atoms with Crippen LogP contribution in [0, 0.1) is 0 Å². The Labute approximate surface area is 178 Å². The fourth-order valence-electron chi connectivity index (χ4n) is 3.62. The van der Waals surface area contributed by atoms with E-state index >= 15 is 0 Å². The summed E-state index contributed by atoms with van der Waals surface area (Å²) in [7, 11) is 0. The van der Waals surface area contributed by atoms with Crippen LogP contribution in [0.3, 0.4) is 0 Å². The van der Waals surface area contributed by atoms with Crippen LogP contribution in [0.25, 0.3) is 11.1 Å². The number of rotatable bonds is 3. The number of halogens is 2. The van der Waals surface area contributed by atoms with Gasteiger partial charge in [-0.25, -0.2) is 0 Å². The highest BCUT2D eigenvalue weighted by Crippen LogP contribution is 2.38. The van der Waals surface area contributed by atoms with Gasteiger partial charge in [0.05, 0.1) is 17.6 Å². The summed E-state index contributed by atoms with van der Waals surface area (Å²) in [5.41, 5.74) is 16.4. The highest BCUT2D eigenvalue weighted by atomic mass is 35.5. The lowest BCUT2D eigenvalue weighted by molar-refractivity contribution is 0.668. The molecule has 1 atom stereocenters. The minimum absolute atomic E-state index is 0.0962. The SMILES string of the molecule is NC(N)=N/N=C1\CC(c2ccccc2Cl)Cc2nncc(-c3ccc(Cl)cc3)c21. The zero-order chi connectivity index (χ0) is 20.4. The van der Waals surface area contributed by atoms with Crippen LogP contribution in [0.15, 0.2) is 64.9 Å². The van der Waals surface area contributed by atoms with Crippen molar-refractivity contribution in [1.82, 2.24) is 10.2 Å². The summed E-state index contributed by atoms with van der Waals surface area (Å²) < 4.78 is 0. The largest absolute Gasteiger partial charge is 0.369 e. The summed E-state index contributed by atoms with van der Waals surface area (Å²) in [4.78, 5) is 0. The minimum atomic E-state index is -0.103. The molecular formula is C21H18Cl2N6. The third-order valence-electron chi connectivity index (χ3n) is 4.88. The van der Waals surface area contributed by atoms with E-state index in [-0.39, 0.29) is 11.9 Å². The van der Waals surface area contributed by atoms with Gasteiger partial charge in [-0.15, -0.1) is 5.10 Å². The number of hydrogen-bond donors (Lipinski definition) is 2. The summed E-state index contributed by atoms with van der Waals surface area (Å²) in [5, 5.41) is 18.2. The quantitative estimate of drug-likeness (QED) is 0.374. The average molecular weight is 425 g/mol. The predicted molar refractivity (Wildman–Crippen MR) is 117 cm³/mol. The molecule has 4 rings (SSSR count). The fraction of sp³-hybridized carbons (Fsp3) is 0.143. The highest BCUT2D eigenvalue weighted by Gasteiger charge is 2.30. The fourth-order valence-corrected chi connectivity index (χ4v) is 4.03. The van der Waals surface area contributed by atoms with Gasteiger partial charge in [0.1, 0.15) is 0 Å². The monoisotopic (exact) mass is 424 g/mol. The molecule has 1 aliphatic rings. The van der Waals surface area contributed by atoms with Crippen molar-refractivity contribution in [2.45, 2.75) is 18.8 Å². The van der Waals surface area contributed by atoms with E-state index in [2.05, 4.69) is 20.4 Å². The summed E-state index contributed by atoms with van der Waals surface area (Å²) in [6.07, 6.45) is 3.04. The van der Waals surface area contributed by atoms with Gasteiger partial charge in [0, 0.05) is 21.2 Å². The van der Waals surface area contributed by atoms with Crippen molar-refractivity contribution in [3.63, 3.8) is 0 Å². The van der Waals surface area contributed by atoms with Crippen LogP contribution in [0.1, 0.15) is 29.2 Å². The van der Waals surface area contributed by atoms with E-state index < -0.39 is 0 Å². The van der Waals surface area contributed by atoms with E-state index in [0.717, 1.165) is 33.7 Å². The number of benzene rings is 2.